The van der Waals surface area contributed by atoms with Gasteiger partial charge in [0.1, 0.15) is 5.75 Å². The van der Waals surface area contributed by atoms with Crippen LogP contribution in [0.25, 0.3) is 11.4 Å². The highest BCUT2D eigenvalue weighted by Gasteiger charge is 2.12. The lowest BCUT2D eigenvalue weighted by Gasteiger charge is -2.07. The van der Waals surface area contributed by atoms with Crippen molar-refractivity contribution < 1.29 is 4.74 Å². The van der Waals surface area contributed by atoms with Gasteiger partial charge in [-0.2, -0.15) is 0 Å². The Morgan fingerprint density at radius 3 is 2.50 bits per heavy atom. The second-order valence-corrected chi connectivity index (χ2v) is 5.77. The number of hydrogen-bond donors (Lipinski definition) is 0. The number of thioether (sulfide) groups is 1. The van der Waals surface area contributed by atoms with Crippen LogP contribution in [0, 0.1) is 0 Å². The van der Waals surface area contributed by atoms with Crippen LogP contribution in [0.1, 0.15) is 5.56 Å². The summed E-state index contributed by atoms with van der Waals surface area (Å²) >= 11 is 1.65. The minimum atomic E-state index is 0.796. The van der Waals surface area contributed by atoms with Gasteiger partial charge in [-0.25, -0.2) is 0 Å². The van der Waals surface area contributed by atoms with E-state index in [9.17, 15) is 0 Å². The third kappa shape index (κ3) is 2.99. The van der Waals surface area contributed by atoms with Crippen LogP contribution in [-0.4, -0.2) is 21.9 Å². The van der Waals surface area contributed by atoms with Crippen LogP contribution in [-0.2, 0) is 12.8 Å². The summed E-state index contributed by atoms with van der Waals surface area (Å²) in [4.78, 5) is 0. The van der Waals surface area contributed by atoms with Crippen molar-refractivity contribution >= 4 is 11.8 Å². The molecule has 0 saturated heterocycles. The molecule has 0 fully saturated rings. The van der Waals surface area contributed by atoms with Crippen molar-refractivity contribution in [2.24, 2.45) is 7.05 Å². The van der Waals surface area contributed by atoms with Crippen molar-refractivity contribution in [2.45, 2.75) is 10.9 Å². The Balaban J connectivity index is 1.78. The SMILES string of the molecule is COc1ccccc1CSc1nnc(-c2ccccc2)n1C. The molecule has 22 heavy (non-hydrogen) atoms. The standard InChI is InChI=1S/C17H17N3OS/c1-20-16(13-8-4-3-5-9-13)18-19-17(20)22-12-14-10-6-7-11-15(14)21-2/h3-11H,12H2,1-2H3. The first-order valence-corrected chi connectivity index (χ1v) is 7.97. The van der Waals surface area contributed by atoms with Crippen LogP contribution in [0.5, 0.6) is 5.75 Å². The van der Waals surface area contributed by atoms with Gasteiger partial charge in [0.25, 0.3) is 0 Å². The molecule has 4 nitrogen and oxygen atoms in total. The summed E-state index contributed by atoms with van der Waals surface area (Å²) in [6.45, 7) is 0. The van der Waals surface area contributed by atoms with Crippen LogP contribution < -0.4 is 4.74 Å². The quantitative estimate of drug-likeness (QED) is 0.672. The van der Waals surface area contributed by atoms with Crippen molar-refractivity contribution in [1.82, 2.24) is 14.8 Å². The lowest BCUT2D eigenvalue weighted by molar-refractivity contribution is 0.411. The molecule has 0 atom stereocenters. The van der Waals surface area contributed by atoms with E-state index in [4.69, 9.17) is 4.74 Å². The van der Waals surface area contributed by atoms with Crippen LogP contribution in [0.3, 0.4) is 0 Å². The summed E-state index contributed by atoms with van der Waals surface area (Å²) in [5.41, 5.74) is 2.22. The molecule has 112 valence electrons. The van der Waals surface area contributed by atoms with Crippen LogP contribution in [0.2, 0.25) is 0 Å². The number of rotatable bonds is 5. The highest BCUT2D eigenvalue weighted by Crippen LogP contribution is 2.28. The first kappa shape index (κ1) is 14.7. The van der Waals surface area contributed by atoms with Crippen LogP contribution in [0.15, 0.2) is 59.8 Å². The van der Waals surface area contributed by atoms with E-state index in [1.165, 1.54) is 0 Å². The molecule has 0 spiro atoms. The lowest BCUT2D eigenvalue weighted by atomic mass is 10.2. The largest absolute Gasteiger partial charge is 0.496 e. The van der Waals surface area contributed by atoms with Gasteiger partial charge in [0.2, 0.25) is 0 Å². The van der Waals surface area contributed by atoms with E-state index < -0.39 is 0 Å². The summed E-state index contributed by atoms with van der Waals surface area (Å²) in [6, 6.07) is 18.1. The van der Waals surface area contributed by atoms with Gasteiger partial charge in [-0.15, -0.1) is 10.2 Å². The number of aromatic nitrogens is 3. The minimum absolute atomic E-state index is 0.796. The first-order chi connectivity index (χ1) is 10.8. The Morgan fingerprint density at radius 2 is 1.73 bits per heavy atom. The molecule has 0 unspecified atom stereocenters. The average molecular weight is 311 g/mol. The van der Waals surface area contributed by atoms with Crippen LogP contribution >= 0.6 is 11.8 Å². The van der Waals surface area contributed by atoms with Crippen molar-refractivity contribution in [2.75, 3.05) is 7.11 Å². The smallest absolute Gasteiger partial charge is 0.191 e. The van der Waals surface area contributed by atoms with E-state index in [1.54, 1.807) is 18.9 Å². The fourth-order valence-corrected chi connectivity index (χ4v) is 3.15. The van der Waals surface area contributed by atoms with Crippen molar-refractivity contribution in [3.63, 3.8) is 0 Å². The second kappa shape index (κ2) is 6.66. The third-order valence-electron chi connectivity index (χ3n) is 3.42. The zero-order chi connectivity index (χ0) is 15.4. The highest BCUT2D eigenvalue weighted by atomic mass is 32.2. The molecule has 1 heterocycles. The molecular weight excluding hydrogens is 294 g/mol. The molecule has 3 rings (SSSR count). The topological polar surface area (TPSA) is 39.9 Å². The second-order valence-electron chi connectivity index (χ2n) is 4.83. The van der Waals surface area contributed by atoms with E-state index in [2.05, 4.69) is 16.3 Å². The molecule has 0 radical (unpaired) electrons. The van der Waals surface area contributed by atoms with Crippen molar-refractivity contribution in [3.05, 3.63) is 60.2 Å². The molecule has 5 heteroatoms. The monoisotopic (exact) mass is 311 g/mol. The Bertz CT molecular complexity index is 756. The number of methoxy groups -OCH3 is 1. The number of ether oxygens (including phenoxy) is 1. The van der Waals surface area contributed by atoms with Gasteiger partial charge in [0.05, 0.1) is 7.11 Å². The van der Waals surface area contributed by atoms with E-state index in [0.29, 0.717) is 0 Å². The van der Waals surface area contributed by atoms with E-state index >= 15 is 0 Å². The predicted octanol–water partition coefficient (Wildman–Crippen LogP) is 3.78. The number of para-hydroxylation sites is 1. The van der Waals surface area contributed by atoms with Crippen LogP contribution in [0.4, 0.5) is 0 Å². The first-order valence-electron chi connectivity index (χ1n) is 6.99. The molecule has 0 amide bonds. The fourth-order valence-electron chi connectivity index (χ4n) is 2.24. The molecule has 0 aliphatic rings. The molecule has 2 aromatic carbocycles. The van der Waals surface area contributed by atoms with Gasteiger partial charge >= 0.3 is 0 Å². The summed E-state index contributed by atoms with van der Waals surface area (Å²) in [5.74, 6) is 2.58. The third-order valence-corrected chi connectivity index (χ3v) is 4.49. The van der Waals surface area contributed by atoms with Gasteiger partial charge in [0, 0.05) is 23.9 Å². The summed E-state index contributed by atoms with van der Waals surface area (Å²) in [6.07, 6.45) is 0. The van der Waals surface area contributed by atoms with Crippen molar-refractivity contribution in [3.8, 4) is 17.1 Å². The Labute approximate surface area is 134 Å². The van der Waals surface area contributed by atoms with Gasteiger partial charge in [-0.1, -0.05) is 60.3 Å². The Morgan fingerprint density at radius 1 is 1.00 bits per heavy atom. The number of hydrogen-bond acceptors (Lipinski definition) is 4. The summed E-state index contributed by atoms with van der Waals surface area (Å²) < 4.78 is 7.41. The van der Waals surface area contributed by atoms with E-state index in [1.807, 2.05) is 60.1 Å². The van der Waals surface area contributed by atoms with E-state index in [0.717, 1.165) is 33.6 Å². The zero-order valence-electron chi connectivity index (χ0n) is 12.6. The molecule has 0 saturated carbocycles. The molecule has 0 bridgehead atoms. The summed E-state index contributed by atoms with van der Waals surface area (Å²) in [5, 5.41) is 9.49. The maximum absolute atomic E-state index is 5.38. The molecule has 0 aliphatic heterocycles. The average Bonchev–Trinajstić information content (AvgIpc) is 2.95. The number of benzene rings is 2. The van der Waals surface area contributed by atoms with Gasteiger partial charge in [-0.3, -0.25) is 0 Å². The molecular formula is C17H17N3OS. The van der Waals surface area contributed by atoms with Gasteiger partial charge in [-0.05, 0) is 6.07 Å². The predicted molar refractivity (Wildman–Crippen MR) is 89.0 cm³/mol. The Hall–Kier alpha value is -2.27. The van der Waals surface area contributed by atoms with E-state index in [-0.39, 0.29) is 0 Å². The summed E-state index contributed by atoms with van der Waals surface area (Å²) in [7, 11) is 3.69. The molecule has 0 N–H and O–H groups in total. The van der Waals surface area contributed by atoms with Gasteiger partial charge in [0.15, 0.2) is 11.0 Å². The molecule has 0 aliphatic carbocycles. The van der Waals surface area contributed by atoms with Gasteiger partial charge < -0.3 is 9.30 Å². The molecule has 1 aromatic heterocycles. The number of nitrogens with zero attached hydrogens (tertiary/aromatic N) is 3. The Kier molecular flexibility index (Phi) is 4.44. The highest BCUT2D eigenvalue weighted by molar-refractivity contribution is 7.98. The maximum Gasteiger partial charge on any atom is 0.191 e. The van der Waals surface area contributed by atoms with Crippen molar-refractivity contribution in [1.29, 1.82) is 0 Å². The maximum atomic E-state index is 5.38. The molecule has 3 aromatic rings. The normalized spacial score (nSPS) is 10.6. The fraction of sp³-hybridized carbons (Fsp3) is 0.176. The minimum Gasteiger partial charge on any atom is -0.496 e. The zero-order valence-corrected chi connectivity index (χ0v) is 13.4. The lowest BCUT2D eigenvalue weighted by Crippen LogP contribution is -1.95.